The molecule has 8 nitrogen and oxygen atoms in total. The third-order valence-electron chi connectivity index (χ3n) is 5.64. The molecule has 1 aliphatic rings. The smallest absolute Gasteiger partial charge is 0.272 e. The Balaban J connectivity index is 1.42. The predicted octanol–water partition coefficient (Wildman–Crippen LogP) is 4.12. The zero-order valence-electron chi connectivity index (χ0n) is 18.4. The molecule has 5 rings (SSSR count). The van der Waals surface area contributed by atoms with Crippen LogP contribution >= 0.6 is 23.1 Å². The number of thiophene rings is 1. The number of nitrogens with one attached hydrogen (secondary N) is 1. The molecule has 1 aliphatic heterocycles. The molecule has 4 aromatic rings. The molecule has 1 saturated heterocycles. The van der Waals surface area contributed by atoms with E-state index in [1.54, 1.807) is 35.0 Å². The number of hydrogen-bond acceptors (Lipinski definition) is 8. The van der Waals surface area contributed by atoms with Gasteiger partial charge in [0.15, 0.2) is 10.9 Å². The number of nitrogens with zero attached hydrogens (tertiary/aromatic N) is 3. The van der Waals surface area contributed by atoms with E-state index in [0.717, 1.165) is 23.1 Å². The average Bonchev–Trinajstić information content (AvgIpc) is 3.48. The maximum Gasteiger partial charge on any atom is 0.272 e. The molecule has 1 unspecified atom stereocenters. The van der Waals surface area contributed by atoms with Crippen molar-refractivity contribution in [2.24, 2.45) is 0 Å². The van der Waals surface area contributed by atoms with Gasteiger partial charge in [-0.05, 0) is 56.2 Å². The highest BCUT2D eigenvalue weighted by molar-refractivity contribution is 7.99. The van der Waals surface area contributed by atoms with Crippen LogP contribution in [0.25, 0.3) is 20.4 Å². The summed E-state index contributed by atoms with van der Waals surface area (Å²) in [6, 6.07) is 10.5. The number of fused-ring (bicyclic) bond motifs is 3. The minimum atomic E-state index is -0.226. The Morgan fingerprint density at radius 3 is 2.82 bits per heavy atom. The second kappa shape index (κ2) is 9.65. The van der Waals surface area contributed by atoms with Crippen LogP contribution in [-0.4, -0.2) is 44.7 Å². The van der Waals surface area contributed by atoms with Gasteiger partial charge >= 0.3 is 0 Å². The van der Waals surface area contributed by atoms with Gasteiger partial charge in [-0.25, -0.2) is 9.97 Å². The van der Waals surface area contributed by atoms with Crippen molar-refractivity contribution in [3.05, 3.63) is 58.5 Å². The lowest BCUT2D eigenvalue weighted by Crippen LogP contribution is -2.28. The van der Waals surface area contributed by atoms with E-state index in [4.69, 9.17) is 9.72 Å². The minimum Gasteiger partial charge on any atom is -0.376 e. The molecule has 0 aliphatic carbocycles. The van der Waals surface area contributed by atoms with Crippen LogP contribution in [-0.2, 0) is 16.1 Å². The van der Waals surface area contributed by atoms with Gasteiger partial charge in [-0.2, -0.15) is 0 Å². The average molecular weight is 495 g/mol. The number of amides is 1. The van der Waals surface area contributed by atoms with E-state index in [1.807, 2.05) is 12.1 Å². The van der Waals surface area contributed by atoms with E-state index in [2.05, 4.69) is 10.3 Å². The molecule has 1 aromatic carbocycles. The fourth-order valence-corrected chi connectivity index (χ4v) is 5.75. The molecule has 34 heavy (non-hydrogen) atoms. The van der Waals surface area contributed by atoms with Crippen LogP contribution in [0.15, 0.2) is 52.5 Å². The maximum atomic E-state index is 13.4. The highest BCUT2D eigenvalue weighted by atomic mass is 32.2. The summed E-state index contributed by atoms with van der Waals surface area (Å²) in [7, 11) is 0. The standard InChI is InChI=1S/C24H22N4O4S2/c1-14(29)15-6-8-16(9-7-15)26-19(30)13-33-24-27-20-18-5-2-10-25-22(18)34-21(20)23(31)28(24)12-17-4-3-11-32-17/h2,5-10,17H,3-4,11-13H2,1H3,(H,26,30). The summed E-state index contributed by atoms with van der Waals surface area (Å²) < 4.78 is 7.95. The van der Waals surface area contributed by atoms with Gasteiger partial charge in [-0.15, -0.1) is 11.3 Å². The Bertz CT molecular complexity index is 1440. The zero-order chi connectivity index (χ0) is 23.7. The fourth-order valence-electron chi connectivity index (χ4n) is 3.92. The van der Waals surface area contributed by atoms with Crippen molar-refractivity contribution < 1.29 is 14.3 Å². The van der Waals surface area contributed by atoms with Gasteiger partial charge in [0.2, 0.25) is 5.91 Å². The largest absolute Gasteiger partial charge is 0.376 e. The molecule has 0 saturated carbocycles. The summed E-state index contributed by atoms with van der Waals surface area (Å²) >= 11 is 2.56. The SMILES string of the molecule is CC(=O)c1ccc(NC(=O)CSc2nc3c(sc4ncccc43)c(=O)n2CC2CCCO2)cc1. The van der Waals surface area contributed by atoms with Crippen LogP contribution in [0.1, 0.15) is 30.1 Å². The highest BCUT2D eigenvalue weighted by Crippen LogP contribution is 2.31. The number of pyridine rings is 1. The first kappa shape index (κ1) is 22.7. The number of carbonyl (C=O) groups excluding carboxylic acids is 2. The van der Waals surface area contributed by atoms with Gasteiger partial charge < -0.3 is 10.1 Å². The Hall–Kier alpha value is -3.08. The lowest BCUT2D eigenvalue weighted by Gasteiger charge is -2.15. The van der Waals surface area contributed by atoms with Crippen molar-refractivity contribution in [1.82, 2.24) is 14.5 Å². The fraction of sp³-hybridized carbons (Fsp3) is 0.292. The summed E-state index contributed by atoms with van der Waals surface area (Å²) in [5.41, 5.74) is 1.67. The van der Waals surface area contributed by atoms with Crippen LogP contribution in [0.4, 0.5) is 5.69 Å². The van der Waals surface area contributed by atoms with Crippen molar-refractivity contribution in [2.75, 3.05) is 17.7 Å². The molecule has 174 valence electrons. The molecule has 0 radical (unpaired) electrons. The summed E-state index contributed by atoms with van der Waals surface area (Å²) in [6.45, 7) is 2.59. The Labute approximate surface area is 203 Å². The van der Waals surface area contributed by atoms with Crippen LogP contribution in [0, 0.1) is 0 Å². The van der Waals surface area contributed by atoms with Gasteiger partial charge in [-0.3, -0.25) is 19.0 Å². The first-order valence-corrected chi connectivity index (χ1v) is 12.7. The molecule has 0 bridgehead atoms. The molecule has 1 fully saturated rings. The number of ketones is 1. The van der Waals surface area contributed by atoms with E-state index in [0.29, 0.717) is 39.8 Å². The summed E-state index contributed by atoms with van der Waals surface area (Å²) in [6.07, 6.45) is 3.51. The number of rotatable bonds is 7. The number of benzene rings is 1. The second-order valence-electron chi connectivity index (χ2n) is 8.05. The molecule has 0 spiro atoms. The summed E-state index contributed by atoms with van der Waals surface area (Å²) in [4.78, 5) is 47.4. The van der Waals surface area contributed by atoms with E-state index in [1.165, 1.54) is 30.0 Å². The lowest BCUT2D eigenvalue weighted by molar-refractivity contribution is -0.113. The molecular weight excluding hydrogens is 472 g/mol. The third kappa shape index (κ3) is 4.61. The minimum absolute atomic E-state index is 0.0322. The van der Waals surface area contributed by atoms with Crippen LogP contribution in [0.5, 0.6) is 0 Å². The molecule has 1 amide bonds. The topological polar surface area (TPSA) is 103 Å². The monoisotopic (exact) mass is 494 g/mol. The lowest BCUT2D eigenvalue weighted by atomic mass is 10.1. The van der Waals surface area contributed by atoms with Gasteiger partial charge in [0.25, 0.3) is 5.56 Å². The number of carbonyl (C=O) groups is 2. The maximum absolute atomic E-state index is 13.4. The number of hydrogen-bond donors (Lipinski definition) is 1. The van der Waals surface area contributed by atoms with Gasteiger partial charge in [-0.1, -0.05) is 11.8 Å². The normalized spacial score (nSPS) is 15.7. The number of anilines is 1. The predicted molar refractivity (Wildman–Crippen MR) is 134 cm³/mol. The van der Waals surface area contributed by atoms with Crippen molar-refractivity contribution in [2.45, 2.75) is 37.6 Å². The van der Waals surface area contributed by atoms with Crippen molar-refractivity contribution in [3.8, 4) is 0 Å². The Kier molecular flexibility index (Phi) is 6.44. The Morgan fingerprint density at radius 1 is 1.26 bits per heavy atom. The van der Waals surface area contributed by atoms with E-state index in [9.17, 15) is 14.4 Å². The number of aromatic nitrogens is 3. The van der Waals surface area contributed by atoms with Crippen molar-refractivity contribution in [3.63, 3.8) is 0 Å². The number of Topliss-reactive ketones (excluding diaryl/α,β-unsaturated/α-hetero) is 1. The zero-order valence-corrected chi connectivity index (χ0v) is 20.1. The van der Waals surface area contributed by atoms with E-state index >= 15 is 0 Å². The van der Waals surface area contributed by atoms with Crippen LogP contribution < -0.4 is 10.9 Å². The van der Waals surface area contributed by atoms with Crippen molar-refractivity contribution in [1.29, 1.82) is 0 Å². The molecule has 1 N–H and O–H groups in total. The molecule has 3 aromatic heterocycles. The summed E-state index contributed by atoms with van der Waals surface area (Å²) in [5, 5.41) is 4.15. The number of thioether (sulfide) groups is 1. The highest BCUT2D eigenvalue weighted by Gasteiger charge is 2.22. The van der Waals surface area contributed by atoms with Crippen molar-refractivity contribution >= 4 is 60.9 Å². The van der Waals surface area contributed by atoms with Gasteiger partial charge in [0.05, 0.1) is 23.9 Å². The molecule has 10 heteroatoms. The third-order valence-corrected chi connectivity index (χ3v) is 7.70. The number of ether oxygens (including phenoxy) is 1. The molecule has 4 heterocycles. The molecular formula is C24H22N4O4S2. The quantitative estimate of drug-likeness (QED) is 0.234. The van der Waals surface area contributed by atoms with E-state index in [-0.39, 0.29) is 29.1 Å². The van der Waals surface area contributed by atoms with Gasteiger partial charge in [0, 0.05) is 29.4 Å². The summed E-state index contributed by atoms with van der Waals surface area (Å²) in [5.74, 6) is -0.177. The van der Waals surface area contributed by atoms with Gasteiger partial charge in [0.1, 0.15) is 9.53 Å². The van der Waals surface area contributed by atoms with Crippen LogP contribution in [0.2, 0.25) is 0 Å². The van der Waals surface area contributed by atoms with E-state index < -0.39 is 0 Å². The Morgan fingerprint density at radius 2 is 2.09 bits per heavy atom. The second-order valence-corrected chi connectivity index (χ2v) is 9.99. The first-order chi connectivity index (χ1) is 16.5. The first-order valence-electron chi connectivity index (χ1n) is 10.9. The molecule has 1 atom stereocenters. The van der Waals surface area contributed by atoms with Crippen LogP contribution in [0.3, 0.4) is 0 Å².